The van der Waals surface area contributed by atoms with E-state index < -0.39 is 10.0 Å². The Morgan fingerprint density at radius 2 is 1.77 bits per heavy atom. The highest BCUT2D eigenvalue weighted by atomic mass is 35.5. The number of thioether (sulfide) groups is 1. The summed E-state index contributed by atoms with van der Waals surface area (Å²) in [5.41, 5.74) is 0.580. The van der Waals surface area contributed by atoms with Crippen LogP contribution in [-0.2, 0) is 14.8 Å². The van der Waals surface area contributed by atoms with Gasteiger partial charge in [0.05, 0.1) is 11.5 Å². The van der Waals surface area contributed by atoms with E-state index in [9.17, 15) is 8.42 Å². The predicted octanol–water partition coefficient (Wildman–Crippen LogP) is 4.62. The summed E-state index contributed by atoms with van der Waals surface area (Å²) in [5, 5.41) is 0.813. The number of sulfonamides is 1. The van der Waals surface area contributed by atoms with Crippen molar-refractivity contribution >= 4 is 44.5 Å². The van der Waals surface area contributed by atoms with Crippen LogP contribution >= 0.6 is 23.4 Å². The molecule has 0 saturated carbocycles. The molecule has 8 heteroatoms. The minimum absolute atomic E-state index is 0.0470. The minimum Gasteiger partial charge on any atom is -0.473 e. The largest absolute Gasteiger partial charge is 0.473 e. The van der Waals surface area contributed by atoms with Gasteiger partial charge in [0.15, 0.2) is 5.84 Å². The third-order valence-electron chi connectivity index (χ3n) is 3.15. The van der Waals surface area contributed by atoms with E-state index in [1.807, 2.05) is 19.2 Å². The average molecular weight is 411 g/mol. The summed E-state index contributed by atoms with van der Waals surface area (Å²) in [5.74, 6) is 0.0704. The Hall–Kier alpha value is -1.83. The van der Waals surface area contributed by atoms with Gasteiger partial charge in [-0.2, -0.15) is 13.4 Å². The molecule has 0 amide bonds. The van der Waals surface area contributed by atoms with Crippen molar-refractivity contribution in [3.05, 3.63) is 65.2 Å². The second-order valence-electron chi connectivity index (χ2n) is 5.14. The Labute approximate surface area is 163 Å². The second-order valence-corrected chi connectivity index (χ2v) is 7.94. The summed E-state index contributed by atoms with van der Waals surface area (Å²) in [6, 6.07) is 14.8. The molecule has 0 aliphatic rings. The van der Waals surface area contributed by atoms with Gasteiger partial charge in [0, 0.05) is 10.6 Å². The average Bonchev–Trinajstić information content (AvgIpc) is 2.65. The lowest BCUT2D eigenvalue weighted by atomic mass is 10.2. The molecule has 5 nitrogen and oxygen atoms in total. The molecule has 0 spiro atoms. The number of rotatable bonds is 5. The Morgan fingerprint density at radius 1 is 1.12 bits per heavy atom. The molecule has 0 aliphatic carbocycles. The number of halogens is 1. The van der Waals surface area contributed by atoms with E-state index in [1.54, 1.807) is 24.3 Å². The number of nitrogens with zero attached hydrogens (tertiary/aromatic N) is 2. The fourth-order valence-electron chi connectivity index (χ4n) is 1.91. The van der Waals surface area contributed by atoms with Gasteiger partial charge in [0.25, 0.3) is 15.3 Å². The molecule has 2 rings (SSSR count). The van der Waals surface area contributed by atoms with Crippen molar-refractivity contribution in [2.24, 2.45) is 9.39 Å². The van der Waals surface area contributed by atoms with Gasteiger partial charge in [0.2, 0.25) is 0 Å². The fraction of sp³-hybridized carbons (Fsp3) is 0.222. The first-order chi connectivity index (χ1) is 12.5. The maximum Gasteiger partial charge on any atom is 0.284 e. The van der Waals surface area contributed by atoms with Gasteiger partial charge in [-0.05, 0) is 36.9 Å². The lowest BCUT2D eigenvalue weighted by Gasteiger charge is -2.08. The molecule has 2 aromatic rings. The first-order valence-corrected chi connectivity index (χ1v) is 10.9. The lowest BCUT2D eigenvalue weighted by molar-refractivity contribution is 0.315. The van der Waals surface area contributed by atoms with Crippen LogP contribution in [0.4, 0.5) is 0 Å². The molecule has 0 N–H and O–H groups in total. The van der Waals surface area contributed by atoms with Gasteiger partial charge in [-0.1, -0.05) is 60.6 Å². The normalized spacial score (nSPS) is 12.9. The van der Waals surface area contributed by atoms with E-state index in [0.29, 0.717) is 22.4 Å². The number of aliphatic imine (C=N–C) groups is 1. The van der Waals surface area contributed by atoms with E-state index >= 15 is 0 Å². The van der Waals surface area contributed by atoms with E-state index in [1.165, 1.54) is 36.0 Å². The highest BCUT2D eigenvalue weighted by Gasteiger charge is 2.16. The highest BCUT2D eigenvalue weighted by Crippen LogP contribution is 2.18. The van der Waals surface area contributed by atoms with Crippen molar-refractivity contribution in [1.29, 1.82) is 0 Å². The van der Waals surface area contributed by atoms with E-state index in [4.69, 9.17) is 16.3 Å². The Morgan fingerprint density at radius 3 is 2.35 bits per heavy atom. The summed E-state index contributed by atoms with van der Waals surface area (Å²) in [7, 11) is -3.94. The molecule has 0 bridgehead atoms. The molecule has 0 heterocycles. The summed E-state index contributed by atoms with van der Waals surface area (Å²) < 4.78 is 34.8. The quantitative estimate of drug-likeness (QED) is 0.532. The van der Waals surface area contributed by atoms with Crippen molar-refractivity contribution in [3.63, 3.8) is 0 Å². The van der Waals surface area contributed by atoms with Crippen LogP contribution in [0.15, 0.2) is 68.9 Å². The number of ether oxygens (including phenoxy) is 1. The van der Waals surface area contributed by atoms with Gasteiger partial charge in [-0.25, -0.2) is 0 Å². The molecule has 0 aliphatic heterocycles. The lowest BCUT2D eigenvalue weighted by Crippen LogP contribution is -2.09. The van der Waals surface area contributed by atoms with Crippen molar-refractivity contribution < 1.29 is 13.2 Å². The van der Waals surface area contributed by atoms with Crippen molar-refractivity contribution in [2.45, 2.75) is 18.2 Å². The maximum atomic E-state index is 12.7. The van der Waals surface area contributed by atoms with Gasteiger partial charge in [-0.15, -0.1) is 4.40 Å². The SMILES string of the molecule is CCCOC(=N/C(=N/S(=O)(=O)c1ccc(Cl)cc1)c1ccccc1)SC. The zero-order chi connectivity index (χ0) is 19.0. The first-order valence-electron chi connectivity index (χ1n) is 7.87. The smallest absolute Gasteiger partial charge is 0.284 e. The predicted molar refractivity (Wildman–Crippen MR) is 109 cm³/mol. The second kappa shape index (κ2) is 9.75. The van der Waals surface area contributed by atoms with Gasteiger partial charge >= 0.3 is 0 Å². The molecular weight excluding hydrogens is 392 g/mol. The van der Waals surface area contributed by atoms with Crippen LogP contribution in [0.5, 0.6) is 0 Å². The zero-order valence-corrected chi connectivity index (χ0v) is 16.8. The van der Waals surface area contributed by atoms with E-state index in [-0.39, 0.29) is 10.7 Å². The van der Waals surface area contributed by atoms with Crippen molar-refractivity contribution in [2.75, 3.05) is 12.9 Å². The van der Waals surface area contributed by atoms with Gasteiger partial charge < -0.3 is 4.74 Å². The Balaban J connectivity index is 2.51. The molecule has 0 aromatic heterocycles. The van der Waals surface area contributed by atoms with Crippen LogP contribution in [0.2, 0.25) is 5.02 Å². The molecule has 0 fully saturated rings. The molecule has 138 valence electrons. The number of hydrogen-bond acceptors (Lipinski definition) is 4. The third kappa shape index (κ3) is 5.86. The van der Waals surface area contributed by atoms with Crippen LogP contribution in [0.1, 0.15) is 18.9 Å². The molecule has 0 saturated heterocycles. The molecule has 0 unspecified atom stereocenters. The van der Waals surface area contributed by atoms with Crippen molar-refractivity contribution in [1.82, 2.24) is 0 Å². The van der Waals surface area contributed by atoms with Crippen LogP contribution < -0.4 is 0 Å². The summed E-state index contributed by atoms with van der Waals surface area (Å²) in [6.07, 6.45) is 2.63. The molecule has 2 aromatic carbocycles. The van der Waals surface area contributed by atoms with Gasteiger partial charge in [0.1, 0.15) is 0 Å². The van der Waals surface area contributed by atoms with Crippen LogP contribution in [0, 0.1) is 0 Å². The summed E-state index contributed by atoms with van der Waals surface area (Å²) in [6.45, 7) is 2.47. The van der Waals surface area contributed by atoms with Crippen LogP contribution in [0.3, 0.4) is 0 Å². The Kier molecular flexibility index (Phi) is 7.68. The monoisotopic (exact) mass is 410 g/mol. The molecule has 0 radical (unpaired) electrons. The Bertz CT molecular complexity index is 880. The standard InChI is InChI=1S/C18H19ClN2O3S2/c1-3-13-24-18(25-2)20-17(14-7-5-4-6-8-14)21-26(22,23)16-11-9-15(19)10-12-16/h4-12H,3,13H2,1-2H3/b20-18?,21-17+. The van der Waals surface area contributed by atoms with E-state index in [0.717, 1.165) is 6.42 Å². The zero-order valence-electron chi connectivity index (χ0n) is 14.4. The fourth-order valence-corrected chi connectivity index (χ4v) is 3.37. The third-order valence-corrected chi connectivity index (χ3v) is 5.24. The maximum absolute atomic E-state index is 12.7. The van der Waals surface area contributed by atoms with Gasteiger partial charge in [-0.3, -0.25) is 0 Å². The van der Waals surface area contributed by atoms with E-state index in [2.05, 4.69) is 9.39 Å². The molecular formula is C18H19ClN2O3S2. The minimum atomic E-state index is -3.94. The summed E-state index contributed by atoms with van der Waals surface area (Å²) in [4.78, 5) is 4.38. The number of hydrogen-bond donors (Lipinski definition) is 0. The number of amidine groups is 1. The number of benzene rings is 2. The highest BCUT2D eigenvalue weighted by molar-refractivity contribution is 8.13. The first kappa shape index (κ1) is 20.5. The summed E-state index contributed by atoms with van der Waals surface area (Å²) >= 11 is 7.12. The van der Waals surface area contributed by atoms with Crippen molar-refractivity contribution in [3.8, 4) is 0 Å². The van der Waals surface area contributed by atoms with Crippen LogP contribution in [0.25, 0.3) is 0 Å². The molecule has 0 atom stereocenters. The van der Waals surface area contributed by atoms with Crippen LogP contribution in [-0.4, -0.2) is 32.3 Å². The topological polar surface area (TPSA) is 68.1 Å². The molecule has 26 heavy (non-hydrogen) atoms.